The molecule has 0 saturated heterocycles. The maximum Gasteiger partial charge on any atom is 0.124 e. The molecular weight excluding hydrogens is 209 g/mol. The number of aliphatic hydroxyl groups is 1. The van der Waals surface area contributed by atoms with E-state index in [1.165, 1.54) is 25.3 Å². The van der Waals surface area contributed by atoms with Crippen LogP contribution in [0, 0.1) is 5.82 Å². The van der Waals surface area contributed by atoms with Crippen molar-refractivity contribution in [3.05, 3.63) is 29.6 Å². The van der Waals surface area contributed by atoms with Gasteiger partial charge in [0.2, 0.25) is 0 Å². The molecule has 0 aliphatic heterocycles. The van der Waals surface area contributed by atoms with Crippen LogP contribution in [0.2, 0.25) is 0 Å². The number of hydrogen-bond acceptors (Lipinski definition) is 3. The van der Waals surface area contributed by atoms with Crippen molar-refractivity contribution >= 4 is 0 Å². The molecule has 1 aromatic rings. The molecule has 1 aliphatic rings. The predicted octanol–water partition coefficient (Wildman–Crippen LogP) is 1.62. The molecule has 1 aliphatic carbocycles. The van der Waals surface area contributed by atoms with Gasteiger partial charge in [-0.05, 0) is 31.0 Å². The minimum Gasteiger partial charge on any atom is -0.496 e. The van der Waals surface area contributed by atoms with Gasteiger partial charge in [-0.1, -0.05) is 0 Å². The Hall–Kier alpha value is -1.13. The van der Waals surface area contributed by atoms with Crippen molar-refractivity contribution in [3.8, 4) is 5.75 Å². The molecule has 0 aromatic heterocycles. The third-order valence-corrected chi connectivity index (χ3v) is 2.73. The van der Waals surface area contributed by atoms with Crippen molar-refractivity contribution in [3.63, 3.8) is 0 Å². The second-order valence-corrected chi connectivity index (χ2v) is 4.08. The highest BCUT2D eigenvalue weighted by atomic mass is 19.1. The Morgan fingerprint density at radius 3 is 2.94 bits per heavy atom. The smallest absolute Gasteiger partial charge is 0.124 e. The second kappa shape index (κ2) is 4.80. The number of aliphatic hydroxyl groups excluding tert-OH is 1. The molecule has 1 aromatic carbocycles. The highest BCUT2D eigenvalue weighted by Crippen LogP contribution is 2.26. The fourth-order valence-corrected chi connectivity index (χ4v) is 1.64. The Bertz CT molecular complexity index is 366. The van der Waals surface area contributed by atoms with Gasteiger partial charge in [0.1, 0.15) is 11.6 Å². The zero-order valence-corrected chi connectivity index (χ0v) is 9.24. The summed E-state index contributed by atoms with van der Waals surface area (Å²) in [6.45, 7) is 0.435. The lowest BCUT2D eigenvalue weighted by Gasteiger charge is -2.15. The minimum atomic E-state index is -0.730. The molecule has 3 nitrogen and oxygen atoms in total. The van der Waals surface area contributed by atoms with E-state index in [-0.39, 0.29) is 5.82 Å². The van der Waals surface area contributed by atoms with E-state index < -0.39 is 6.10 Å². The van der Waals surface area contributed by atoms with Crippen LogP contribution in [0.3, 0.4) is 0 Å². The Morgan fingerprint density at radius 2 is 2.31 bits per heavy atom. The minimum absolute atomic E-state index is 0.360. The SMILES string of the molecule is COc1ccc(F)cc1C(O)CNC1CC1. The van der Waals surface area contributed by atoms with E-state index in [2.05, 4.69) is 5.32 Å². The number of methoxy groups -OCH3 is 1. The Labute approximate surface area is 94.2 Å². The number of rotatable bonds is 5. The first-order valence-corrected chi connectivity index (χ1v) is 5.45. The van der Waals surface area contributed by atoms with Gasteiger partial charge in [0.25, 0.3) is 0 Å². The second-order valence-electron chi connectivity index (χ2n) is 4.08. The lowest BCUT2D eigenvalue weighted by atomic mass is 10.1. The third kappa shape index (κ3) is 2.71. The van der Waals surface area contributed by atoms with Crippen molar-refractivity contribution in [2.45, 2.75) is 25.0 Å². The third-order valence-electron chi connectivity index (χ3n) is 2.73. The number of halogens is 1. The molecule has 2 rings (SSSR count). The van der Waals surface area contributed by atoms with Gasteiger partial charge < -0.3 is 15.2 Å². The van der Waals surface area contributed by atoms with Gasteiger partial charge in [-0.25, -0.2) is 4.39 Å². The molecule has 16 heavy (non-hydrogen) atoms. The van der Waals surface area contributed by atoms with Crippen LogP contribution in [0.4, 0.5) is 4.39 Å². The molecule has 1 saturated carbocycles. The van der Waals surface area contributed by atoms with Crippen LogP contribution in [0.1, 0.15) is 24.5 Å². The molecule has 0 heterocycles. The van der Waals surface area contributed by atoms with E-state index in [4.69, 9.17) is 4.74 Å². The van der Waals surface area contributed by atoms with Gasteiger partial charge in [-0.2, -0.15) is 0 Å². The molecule has 4 heteroatoms. The summed E-state index contributed by atoms with van der Waals surface area (Å²) >= 11 is 0. The summed E-state index contributed by atoms with van der Waals surface area (Å²) in [5.74, 6) is 0.160. The summed E-state index contributed by atoms with van der Waals surface area (Å²) in [6.07, 6.45) is 1.59. The van der Waals surface area contributed by atoms with Crippen molar-refractivity contribution in [2.75, 3.05) is 13.7 Å². The van der Waals surface area contributed by atoms with E-state index in [1.54, 1.807) is 0 Å². The van der Waals surface area contributed by atoms with Crippen LogP contribution < -0.4 is 10.1 Å². The molecule has 0 amide bonds. The number of hydrogen-bond donors (Lipinski definition) is 2. The summed E-state index contributed by atoms with van der Waals surface area (Å²) in [5, 5.41) is 13.1. The van der Waals surface area contributed by atoms with E-state index in [1.807, 2.05) is 0 Å². The molecule has 1 unspecified atom stereocenters. The van der Waals surface area contributed by atoms with E-state index in [9.17, 15) is 9.50 Å². The molecule has 1 atom stereocenters. The van der Waals surface area contributed by atoms with Crippen LogP contribution >= 0.6 is 0 Å². The van der Waals surface area contributed by atoms with Crippen LogP contribution in [-0.4, -0.2) is 24.8 Å². The normalized spacial score (nSPS) is 17.2. The maximum atomic E-state index is 13.1. The lowest BCUT2D eigenvalue weighted by Crippen LogP contribution is -2.23. The average Bonchev–Trinajstić information content (AvgIpc) is 3.09. The van der Waals surface area contributed by atoms with Crippen molar-refractivity contribution in [2.24, 2.45) is 0 Å². The van der Waals surface area contributed by atoms with Gasteiger partial charge in [0.15, 0.2) is 0 Å². The Balaban J connectivity index is 2.06. The summed E-state index contributed by atoms with van der Waals surface area (Å²) in [7, 11) is 1.51. The van der Waals surface area contributed by atoms with Crippen LogP contribution in [-0.2, 0) is 0 Å². The summed E-state index contributed by atoms with van der Waals surface area (Å²) < 4.78 is 18.2. The van der Waals surface area contributed by atoms with Crippen LogP contribution in [0.5, 0.6) is 5.75 Å². The zero-order valence-electron chi connectivity index (χ0n) is 9.24. The molecule has 0 bridgehead atoms. The topological polar surface area (TPSA) is 41.5 Å². The van der Waals surface area contributed by atoms with Gasteiger partial charge in [0, 0.05) is 18.2 Å². The molecule has 88 valence electrons. The van der Waals surface area contributed by atoms with Crippen molar-refractivity contribution in [1.29, 1.82) is 0 Å². The quantitative estimate of drug-likeness (QED) is 0.800. The molecule has 1 fully saturated rings. The standard InChI is InChI=1S/C12H16FNO2/c1-16-12-5-2-8(13)6-10(12)11(15)7-14-9-3-4-9/h2,5-6,9,11,14-15H,3-4,7H2,1H3. The lowest BCUT2D eigenvalue weighted by molar-refractivity contribution is 0.169. The molecule has 2 N–H and O–H groups in total. The number of benzene rings is 1. The summed E-state index contributed by atoms with van der Waals surface area (Å²) in [5.41, 5.74) is 0.496. The number of ether oxygens (including phenoxy) is 1. The fraction of sp³-hybridized carbons (Fsp3) is 0.500. The average molecular weight is 225 g/mol. The first-order valence-electron chi connectivity index (χ1n) is 5.45. The zero-order chi connectivity index (χ0) is 11.5. The monoisotopic (exact) mass is 225 g/mol. The first kappa shape index (κ1) is 11.4. The number of nitrogens with one attached hydrogen (secondary N) is 1. The van der Waals surface area contributed by atoms with Gasteiger partial charge in [-0.15, -0.1) is 0 Å². The van der Waals surface area contributed by atoms with Gasteiger partial charge >= 0.3 is 0 Å². The van der Waals surface area contributed by atoms with E-state index in [0.29, 0.717) is 23.9 Å². The van der Waals surface area contributed by atoms with Crippen LogP contribution in [0.25, 0.3) is 0 Å². The van der Waals surface area contributed by atoms with Crippen LogP contribution in [0.15, 0.2) is 18.2 Å². The summed E-state index contributed by atoms with van der Waals surface area (Å²) in [4.78, 5) is 0. The molecule has 0 spiro atoms. The molecular formula is C12H16FNO2. The van der Waals surface area contributed by atoms with E-state index in [0.717, 1.165) is 12.8 Å². The van der Waals surface area contributed by atoms with Crippen molar-refractivity contribution < 1.29 is 14.2 Å². The van der Waals surface area contributed by atoms with E-state index >= 15 is 0 Å². The Morgan fingerprint density at radius 1 is 1.56 bits per heavy atom. The van der Waals surface area contributed by atoms with Crippen molar-refractivity contribution in [1.82, 2.24) is 5.32 Å². The fourth-order valence-electron chi connectivity index (χ4n) is 1.64. The van der Waals surface area contributed by atoms with Gasteiger partial charge in [0.05, 0.1) is 13.2 Å². The predicted molar refractivity (Wildman–Crippen MR) is 58.9 cm³/mol. The molecule has 0 radical (unpaired) electrons. The highest BCUT2D eigenvalue weighted by Gasteiger charge is 2.22. The Kier molecular flexibility index (Phi) is 3.41. The summed E-state index contributed by atoms with van der Waals surface area (Å²) in [6, 6.07) is 4.70. The maximum absolute atomic E-state index is 13.1. The first-order chi connectivity index (χ1) is 7.70. The highest BCUT2D eigenvalue weighted by molar-refractivity contribution is 5.35. The van der Waals surface area contributed by atoms with Gasteiger partial charge in [-0.3, -0.25) is 0 Å². The largest absolute Gasteiger partial charge is 0.496 e.